The summed E-state index contributed by atoms with van der Waals surface area (Å²) in [6.45, 7) is 1.95. The smallest absolute Gasteiger partial charge is 0.406 e. The number of rotatable bonds is 5. The third kappa shape index (κ3) is 4.00. The zero-order chi connectivity index (χ0) is 17.2. The van der Waals surface area contributed by atoms with Crippen molar-refractivity contribution >= 4 is 23.3 Å². The Labute approximate surface area is 142 Å². The summed E-state index contributed by atoms with van der Waals surface area (Å²) in [5.41, 5.74) is 0.497. The van der Waals surface area contributed by atoms with Crippen molar-refractivity contribution in [3.63, 3.8) is 0 Å². The highest BCUT2D eigenvalue weighted by atomic mass is 32.2. The van der Waals surface area contributed by atoms with Crippen molar-refractivity contribution in [2.75, 3.05) is 0 Å². The fourth-order valence-corrected chi connectivity index (χ4v) is 3.29. The number of benzene rings is 1. The van der Waals surface area contributed by atoms with Crippen LogP contribution in [0, 0.1) is 0 Å². The fraction of sp³-hybridized carbons (Fsp3) is 0.250. The van der Waals surface area contributed by atoms with Gasteiger partial charge in [-0.25, -0.2) is 4.98 Å². The number of tetrazole rings is 1. The second-order valence-corrected chi connectivity index (χ2v) is 6.31. The number of nitrogens with zero attached hydrogens (tertiary/aromatic N) is 6. The van der Waals surface area contributed by atoms with E-state index in [2.05, 4.69) is 29.6 Å². The normalized spacial score (nSPS) is 11.7. The molecule has 0 aliphatic carbocycles. The zero-order valence-electron chi connectivity index (χ0n) is 12.1. The fourth-order valence-electron chi connectivity index (χ4n) is 1.69. The van der Waals surface area contributed by atoms with Gasteiger partial charge in [-0.1, -0.05) is 6.92 Å². The number of hydrogen-bond acceptors (Lipinski definition) is 8. The van der Waals surface area contributed by atoms with Crippen LogP contribution in [0.15, 0.2) is 33.8 Å². The number of aromatic nitrogens is 6. The van der Waals surface area contributed by atoms with E-state index in [1.165, 1.54) is 52.2 Å². The van der Waals surface area contributed by atoms with Crippen LogP contribution in [-0.2, 0) is 6.42 Å². The van der Waals surface area contributed by atoms with Crippen molar-refractivity contribution in [3.05, 3.63) is 30.1 Å². The van der Waals surface area contributed by atoms with Gasteiger partial charge in [-0.05, 0) is 58.0 Å². The van der Waals surface area contributed by atoms with Crippen molar-refractivity contribution in [1.82, 2.24) is 29.6 Å². The van der Waals surface area contributed by atoms with Crippen LogP contribution in [0.1, 0.15) is 12.7 Å². The Bertz CT molecular complexity index is 817. The molecule has 1 aromatic carbocycles. The highest BCUT2D eigenvalue weighted by Gasteiger charge is 2.31. The molecule has 2 heterocycles. The first-order valence-corrected chi connectivity index (χ1v) is 8.18. The lowest BCUT2D eigenvalue weighted by atomic mass is 10.3. The van der Waals surface area contributed by atoms with Crippen LogP contribution in [-0.4, -0.2) is 35.9 Å². The molecule has 0 spiro atoms. The van der Waals surface area contributed by atoms with Crippen molar-refractivity contribution in [3.8, 4) is 11.4 Å². The molecular weight excluding hydrogens is 365 g/mol. The number of ether oxygens (including phenoxy) is 1. The molecule has 0 atom stereocenters. The molecule has 2 aromatic heterocycles. The monoisotopic (exact) mass is 374 g/mol. The Morgan fingerprint density at radius 3 is 2.62 bits per heavy atom. The maximum absolute atomic E-state index is 12.2. The Balaban J connectivity index is 1.79. The van der Waals surface area contributed by atoms with Gasteiger partial charge in [0.2, 0.25) is 5.16 Å². The predicted molar refractivity (Wildman–Crippen MR) is 79.2 cm³/mol. The summed E-state index contributed by atoms with van der Waals surface area (Å²) in [5.74, 6) is 0.417. The van der Waals surface area contributed by atoms with Crippen LogP contribution in [0.4, 0.5) is 13.2 Å². The Hall–Kier alpha value is -2.21. The van der Waals surface area contributed by atoms with Crippen molar-refractivity contribution in [2.45, 2.75) is 29.2 Å². The Morgan fingerprint density at radius 2 is 2.00 bits per heavy atom. The largest absolute Gasteiger partial charge is 0.573 e. The predicted octanol–water partition coefficient (Wildman–Crippen LogP) is 3.13. The van der Waals surface area contributed by atoms with Crippen molar-refractivity contribution in [1.29, 1.82) is 0 Å². The van der Waals surface area contributed by atoms with E-state index in [9.17, 15) is 13.2 Å². The van der Waals surface area contributed by atoms with Gasteiger partial charge in [0.1, 0.15) is 11.6 Å². The molecule has 3 aromatic rings. The number of hydrogen-bond donors (Lipinski definition) is 0. The minimum absolute atomic E-state index is 0.315. The van der Waals surface area contributed by atoms with Crippen molar-refractivity contribution < 1.29 is 17.9 Å². The third-order valence-corrected chi connectivity index (χ3v) is 4.43. The molecule has 3 rings (SSSR count). The number of aryl methyl sites for hydroxylation is 1. The van der Waals surface area contributed by atoms with E-state index in [1.54, 1.807) is 0 Å². The highest BCUT2D eigenvalue weighted by molar-refractivity contribution is 8.00. The first kappa shape index (κ1) is 16.6. The minimum atomic E-state index is -4.73. The summed E-state index contributed by atoms with van der Waals surface area (Å²) in [6, 6.07) is 5.25. The molecule has 24 heavy (non-hydrogen) atoms. The minimum Gasteiger partial charge on any atom is -0.406 e. The van der Waals surface area contributed by atoms with E-state index in [1.807, 2.05) is 6.92 Å². The van der Waals surface area contributed by atoms with Gasteiger partial charge in [-0.15, -0.1) is 18.3 Å². The Kier molecular flexibility index (Phi) is 4.66. The molecule has 7 nitrogen and oxygen atoms in total. The first-order valence-electron chi connectivity index (χ1n) is 6.59. The lowest BCUT2D eigenvalue weighted by Crippen LogP contribution is -2.17. The van der Waals surface area contributed by atoms with Gasteiger partial charge in [0.25, 0.3) is 0 Å². The van der Waals surface area contributed by atoms with E-state index >= 15 is 0 Å². The van der Waals surface area contributed by atoms with E-state index in [0.29, 0.717) is 15.2 Å². The zero-order valence-corrected chi connectivity index (χ0v) is 13.7. The summed E-state index contributed by atoms with van der Waals surface area (Å²) >= 11 is 2.46. The van der Waals surface area contributed by atoms with Gasteiger partial charge in [-0.3, -0.25) is 0 Å². The molecule has 0 unspecified atom stereocenters. The van der Waals surface area contributed by atoms with E-state index in [0.717, 1.165) is 12.2 Å². The lowest BCUT2D eigenvalue weighted by molar-refractivity contribution is -0.274. The molecule has 0 N–H and O–H groups in total. The highest BCUT2D eigenvalue weighted by Crippen LogP contribution is 2.29. The molecular formula is C12H9F3N6OS2. The molecule has 0 fully saturated rings. The third-order valence-electron chi connectivity index (χ3n) is 2.70. The van der Waals surface area contributed by atoms with Gasteiger partial charge >= 0.3 is 6.36 Å². The van der Waals surface area contributed by atoms with Crippen LogP contribution in [0.2, 0.25) is 0 Å². The van der Waals surface area contributed by atoms with E-state index in [-0.39, 0.29) is 5.75 Å². The average Bonchev–Trinajstić information content (AvgIpc) is 3.16. The molecule has 0 saturated heterocycles. The summed E-state index contributed by atoms with van der Waals surface area (Å²) in [6.07, 6.45) is -4.01. The summed E-state index contributed by atoms with van der Waals surface area (Å²) < 4.78 is 46.6. The van der Waals surface area contributed by atoms with Gasteiger partial charge in [0, 0.05) is 6.42 Å². The van der Waals surface area contributed by atoms with E-state index < -0.39 is 6.36 Å². The van der Waals surface area contributed by atoms with Gasteiger partial charge in [0.05, 0.1) is 5.69 Å². The number of alkyl halides is 3. The topological polar surface area (TPSA) is 78.6 Å². The molecule has 0 radical (unpaired) electrons. The molecule has 12 heteroatoms. The quantitative estimate of drug-likeness (QED) is 0.679. The van der Waals surface area contributed by atoms with Crippen LogP contribution in [0.25, 0.3) is 5.69 Å². The second-order valence-electron chi connectivity index (χ2n) is 4.35. The summed E-state index contributed by atoms with van der Waals surface area (Å²) in [5, 5.41) is 11.8. The average molecular weight is 374 g/mol. The Morgan fingerprint density at radius 1 is 1.25 bits per heavy atom. The molecule has 0 aliphatic heterocycles. The van der Waals surface area contributed by atoms with Crippen LogP contribution < -0.4 is 4.74 Å². The van der Waals surface area contributed by atoms with Crippen LogP contribution >= 0.6 is 23.3 Å². The summed E-state index contributed by atoms with van der Waals surface area (Å²) in [7, 11) is 0. The molecule has 0 amide bonds. The first-order chi connectivity index (χ1) is 11.4. The maximum Gasteiger partial charge on any atom is 0.573 e. The van der Waals surface area contributed by atoms with Gasteiger partial charge < -0.3 is 4.74 Å². The summed E-state index contributed by atoms with van der Waals surface area (Å²) in [4.78, 5) is 4.31. The van der Waals surface area contributed by atoms with Crippen molar-refractivity contribution in [2.24, 2.45) is 0 Å². The lowest BCUT2D eigenvalue weighted by Gasteiger charge is -2.09. The van der Waals surface area contributed by atoms with Crippen LogP contribution in [0.3, 0.4) is 0 Å². The second kappa shape index (κ2) is 6.73. The number of halogens is 3. The maximum atomic E-state index is 12.2. The molecule has 0 bridgehead atoms. The van der Waals surface area contributed by atoms with E-state index in [4.69, 9.17) is 0 Å². The molecule has 126 valence electrons. The molecule has 0 saturated carbocycles. The van der Waals surface area contributed by atoms with Gasteiger partial charge in [-0.2, -0.15) is 9.06 Å². The van der Waals surface area contributed by atoms with Gasteiger partial charge in [0.15, 0.2) is 4.34 Å². The molecule has 0 aliphatic rings. The SMILES string of the molecule is CCc1nsc(Sc2nnnn2-c2ccc(OC(F)(F)F)cc2)n1. The van der Waals surface area contributed by atoms with Crippen LogP contribution in [0.5, 0.6) is 5.75 Å². The standard InChI is InChI=1S/C12H9F3N6OS2/c1-2-9-16-11(24-18-9)23-10-17-19-20-21(10)7-3-5-8(6-4-7)22-12(13,14)15/h3-6H,2H2,1H3.